The molecule has 9 heteroatoms. The number of carbonyl (C=O) groups is 2. The average molecular weight is 450 g/mol. The number of nitrogens with one attached hydrogen (secondary N) is 1. The summed E-state index contributed by atoms with van der Waals surface area (Å²) in [4.78, 5) is 27.9. The highest BCUT2D eigenvalue weighted by Crippen LogP contribution is 2.42. The minimum atomic E-state index is -4.42. The van der Waals surface area contributed by atoms with Crippen molar-refractivity contribution in [2.45, 2.75) is 17.5 Å². The van der Waals surface area contributed by atoms with Gasteiger partial charge in [0.25, 0.3) is 5.91 Å². The molecule has 0 saturated carbocycles. The molecular formula is C22H21F3N2O3S. The molecule has 2 aromatic carbocycles. The Morgan fingerprint density at radius 2 is 1.87 bits per heavy atom. The van der Waals surface area contributed by atoms with E-state index in [2.05, 4.69) is 5.32 Å². The Morgan fingerprint density at radius 3 is 2.55 bits per heavy atom. The van der Waals surface area contributed by atoms with Gasteiger partial charge in [-0.25, -0.2) is 0 Å². The summed E-state index contributed by atoms with van der Waals surface area (Å²) in [6, 6.07) is 11.8. The molecule has 2 amide bonds. The fourth-order valence-electron chi connectivity index (χ4n) is 2.98. The van der Waals surface area contributed by atoms with Gasteiger partial charge < -0.3 is 10.1 Å². The van der Waals surface area contributed by atoms with Gasteiger partial charge in [-0.2, -0.15) is 13.2 Å². The van der Waals surface area contributed by atoms with Crippen LogP contribution in [0.25, 0.3) is 6.08 Å². The lowest BCUT2D eigenvalue weighted by molar-refractivity contribution is -0.137. The van der Waals surface area contributed by atoms with Crippen molar-refractivity contribution >= 4 is 35.3 Å². The molecule has 164 valence electrons. The number of methoxy groups -OCH3 is 1. The number of benzene rings is 2. The minimum absolute atomic E-state index is 0.159. The van der Waals surface area contributed by atoms with Gasteiger partial charge in [-0.1, -0.05) is 36.0 Å². The van der Waals surface area contributed by atoms with Crippen molar-refractivity contribution in [1.82, 2.24) is 5.32 Å². The van der Waals surface area contributed by atoms with Crippen LogP contribution in [0.3, 0.4) is 0 Å². The zero-order valence-electron chi connectivity index (χ0n) is 16.7. The van der Waals surface area contributed by atoms with Gasteiger partial charge in [0.1, 0.15) is 6.54 Å². The number of para-hydroxylation sites is 1. The maximum atomic E-state index is 13.1. The zero-order chi connectivity index (χ0) is 22.4. The van der Waals surface area contributed by atoms with Crippen molar-refractivity contribution in [1.29, 1.82) is 0 Å². The molecule has 31 heavy (non-hydrogen) atoms. The van der Waals surface area contributed by atoms with Crippen LogP contribution < -0.4 is 10.2 Å². The van der Waals surface area contributed by atoms with Crippen LogP contribution in [0.2, 0.25) is 0 Å². The van der Waals surface area contributed by atoms with Gasteiger partial charge in [0.05, 0.1) is 16.2 Å². The molecule has 0 spiro atoms. The second-order valence-electron chi connectivity index (χ2n) is 6.79. The van der Waals surface area contributed by atoms with E-state index in [1.165, 1.54) is 34.9 Å². The largest absolute Gasteiger partial charge is 0.416 e. The SMILES string of the molecule is COCCCNC(=O)CN1C(=O)/C(=C/c2ccc(C(F)(F)F)cc2)Sc2ccccc21. The normalized spacial score (nSPS) is 15.2. The molecule has 0 saturated heterocycles. The highest BCUT2D eigenvalue weighted by atomic mass is 32.2. The highest BCUT2D eigenvalue weighted by Gasteiger charge is 2.31. The predicted molar refractivity (Wildman–Crippen MR) is 114 cm³/mol. The van der Waals surface area contributed by atoms with Crippen molar-refractivity contribution in [2.75, 3.05) is 31.7 Å². The molecule has 0 radical (unpaired) electrons. The number of thioether (sulfide) groups is 1. The number of anilines is 1. The van der Waals surface area contributed by atoms with E-state index in [1.807, 2.05) is 12.1 Å². The third-order valence-corrected chi connectivity index (χ3v) is 5.59. The smallest absolute Gasteiger partial charge is 0.385 e. The first-order valence-electron chi connectivity index (χ1n) is 9.53. The van der Waals surface area contributed by atoms with Crippen molar-refractivity contribution in [3.63, 3.8) is 0 Å². The Morgan fingerprint density at radius 1 is 1.16 bits per heavy atom. The van der Waals surface area contributed by atoms with Gasteiger partial charge >= 0.3 is 6.18 Å². The molecule has 0 atom stereocenters. The molecule has 0 fully saturated rings. The molecule has 1 N–H and O–H groups in total. The fraction of sp³-hybridized carbons (Fsp3) is 0.273. The second-order valence-corrected chi connectivity index (χ2v) is 7.87. The molecule has 1 aliphatic rings. The molecule has 0 aromatic heterocycles. The number of hydrogen-bond acceptors (Lipinski definition) is 4. The lowest BCUT2D eigenvalue weighted by Gasteiger charge is -2.29. The monoisotopic (exact) mass is 450 g/mol. The first kappa shape index (κ1) is 22.9. The minimum Gasteiger partial charge on any atom is -0.385 e. The number of carbonyl (C=O) groups excluding carboxylic acids is 2. The first-order valence-corrected chi connectivity index (χ1v) is 10.3. The summed E-state index contributed by atoms with van der Waals surface area (Å²) >= 11 is 1.22. The topological polar surface area (TPSA) is 58.6 Å². The van der Waals surface area contributed by atoms with Crippen LogP contribution in [0, 0.1) is 0 Å². The van der Waals surface area contributed by atoms with Gasteiger partial charge in [0, 0.05) is 25.2 Å². The van der Waals surface area contributed by atoms with Crippen LogP contribution in [-0.4, -0.2) is 38.6 Å². The van der Waals surface area contributed by atoms with Gasteiger partial charge in [-0.15, -0.1) is 0 Å². The van der Waals surface area contributed by atoms with E-state index in [1.54, 1.807) is 19.2 Å². The van der Waals surface area contributed by atoms with E-state index < -0.39 is 11.7 Å². The van der Waals surface area contributed by atoms with Crippen molar-refractivity contribution in [3.8, 4) is 0 Å². The lowest BCUT2D eigenvalue weighted by Crippen LogP contribution is -2.43. The molecule has 0 bridgehead atoms. The van der Waals surface area contributed by atoms with E-state index in [9.17, 15) is 22.8 Å². The summed E-state index contributed by atoms with van der Waals surface area (Å²) in [5.41, 5.74) is 0.329. The van der Waals surface area contributed by atoms with E-state index in [-0.39, 0.29) is 18.4 Å². The van der Waals surface area contributed by atoms with Gasteiger partial charge in [-0.05, 0) is 42.3 Å². The van der Waals surface area contributed by atoms with Gasteiger partial charge in [0.2, 0.25) is 5.91 Å². The van der Waals surface area contributed by atoms with Crippen LogP contribution in [0.5, 0.6) is 0 Å². The van der Waals surface area contributed by atoms with Crippen molar-refractivity contribution in [3.05, 3.63) is 64.6 Å². The fourth-order valence-corrected chi connectivity index (χ4v) is 4.04. The molecule has 5 nitrogen and oxygen atoms in total. The van der Waals surface area contributed by atoms with Gasteiger partial charge in [0.15, 0.2) is 0 Å². The number of amides is 2. The number of rotatable bonds is 7. The Hall–Kier alpha value is -2.78. The molecule has 0 unspecified atom stereocenters. The number of halogens is 3. The predicted octanol–water partition coefficient (Wildman–Crippen LogP) is 4.34. The third-order valence-electron chi connectivity index (χ3n) is 4.52. The summed E-state index contributed by atoms with van der Waals surface area (Å²) in [5, 5.41) is 2.76. The van der Waals surface area contributed by atoms with Gasteiger partial charge in [-0.3, -0.25) is 14.5 Å². The Labute approximate surface area is 182 Å². The van der Waals surface area contributed by atoms with Crippen LogP contribution in [-0.2, 0) is 20.5 Å². The maximum absolute atomic E-state index is 13.1. The standard InChI is InChI=1S/C22H21F3N2O3S/c1-30-12-4-11-26-20(28)14-27-17-5-2-3-6-18(17)31-19(21(27)29)13-15-7-9-16(10-8-15)22(23,24)25/h2-3,5-10,13H,4,11-12,14H2,1H3,(H,26,28)/b19-13-. The maximum Gasteiger partial charge on any atom is 0.416 e. The molecule has 0 aliphatic carbocycles. The van der Waals surface area contributed by atoms with E-state index in [4.69, 9.17) is 4.74 Å². The lowest BCUT2D eigenvalue weighted by atomic mass is 10.1. The first-order chi connectivity index (χ1) is 14.8. The number of nitrogens with zero attached hydrogens (tertiary/aromatic N) is 1. The Balaban J connectivity index is 1.81. The molecule has 2 aromatic rings. The molecule has 1 aliphatic heterocycles. The summed E-state index contributed by atoms with van der Waals surface area (Å²) in [5.74, 6) is -0.685. The summed E-state index contributed by atoms with van der Waals surface area (Å²) in [6.07, 6.45) is -2.23. The second kappa shape index (κ2) is 10.0. The highest BCUT2D eigenvalue weighted by molar-refractivity contribution is 8.04. The summed E-state index contributed by atoms with van der Waals surface area (Å²) < 4.78 is 43.3. The van der Waals surface area contributed by atoms with Crippen molar-refractivity contribution in [2.24, 2.45) is 0 Å². The molecule has 3 rings (SSSR count). The molecule has 1 heterocycles. The number of fused-ring (bicyclic) bond motifs is 1. The zero-order valence-corrected chi connectivity index (χ0v) is 17.6. The Bertz CT molecular complexity index is 975. The van der Waals surface area contributed by atoms with Crippen LogP contribution in [0.15, 0.2) is 58.3 Å². The summed E-state index contributed by atoms with van der Waals surface area (Å²) in [7, 11) is 1.58. The van der Waals surface area contributed by atoms with E-state index in [0.717, 1.165) is 17.0 Å². The third kappa shape index (κ3) is 5.89. The summed E-state index contributed by atoms with van der Waals surface area (Å²) in [6.45, 7) is 0.787. The number of alkyl halides is 3. The van der Waals surface area contributed by atoms with Crippen molar-refractivity contribution < 1.29 is 27.5 Å². The van der Waals surface area contributed by atoms with E-state index >= 15 is 0 Å². The average Bonchev–Trinajstić information content (AvgIpc) is 2.74. The number of ether oxygens (including phenoxy) is 1. The number of hydrogen-bond donors (Lipinski definition) is 1. The van der Waals surface area contributed by atoms with Crippen LogP contribution in [0.1, 0.15) is 17.5 Å². The Kier molecular flexibility index (Phi) is 7.40. The molecular weight excluding hydrogens is 429 g/mol. The van der Waals surface area contributed by atoms with Crippen LogP contribution in [0.4, 0.5) is 18.9 Å². The van der Waals surface area contributed by atoms with Crippen LogP contribution >= 0.6 is 11.8 Å². The quantitative estimate of drug-likeness (QED) is 0.504. The van der Waals surface area contributed by atoms with E-state index in [0.29, 0.717) is 35.7 Å².